The molecule has 2 aromatic carbocycles. The molecule has 6 nitrogen and oxygen atoms in total. The van der Waals surface area contributed by atoms with Gasteiger partial charge in [0.15, 0.2) is 11.5 Å². The van der Waals surface area contributed by atoms with Gasteiger partial charge in [-0.25, -0.2) is 0 Å². The van der Waals surface area contributed by atoms with Crippen LogP contribution in [0.2, 0.25) is 0 Å². The highest BCUT2D eigenvalue weighted by Gasteiger charge is 2.22. The monoisotopic (exact) mass is 414 g/mol. The Labute approximate surface area is 180 Å². The highest BCUT2D eigenvalue weighted by atomic mass is 16.5. The third-order valence-electron chi connectivity index (χ3n) is 5.24. The van der Waals surface area contributed by atoms with Crippen LogP contribution in [-0.2, 0) is 11.3 Å². The number of benzene rings is 2. The summed E-state index contributed by atoms with van der Waals surface area (Å²) in [5.74, 6) is 2.42. The number of hydrogen-bond acceptors (Lipinski definition) is 6. The fraction of sp³-hybridized carbons (Fsp3) is 0.500. The van der Waals surface area contributed by atoms with Crippen molar-refractivity contribution in [1.29, 1.82) is 0 Å². The first-order chi connectivity index (χ1) is 14.6. The summed E-state index contributed by atoms with van der Waals surface area (Å²) in [5.41, 5.74) is 2.45. The maximum Gasteiger partial charge on any atom is 0.161 e. The lowest BCUT2D eigenvalue weighted by molar-refractivity contribution is 0.0161. The molecule has 1 saturated heterocycles. The Hall–Kier alpha value is -2.28. The molecule has 30 heavy (non-hydrogen) atoms. The van der Waals surface area contributed by atoms with E-state index in [-0.39, 0.29) is 12.1 Å². The minimum absolute atomic E-state index is 0.113. The van der Waals surface area contributed by atoms with Crippen molar-refractivity contribution >= 4 is 0 Å². The van der Waals surface area contributed by atoms with Gasteiger partial charge >= 0.3 is 0 Å². The second-order valence-corrected chi connectivity index (χ2v) is 7.72. The van der Waals surface area contributed by atoms with Gasteiger partial charge in [0.05, 0.1) is 33.5 Å². The quantitative estimate of drug-likeness (QED) is 0.640. The molecule has 1 aliphatic heterocycles. The summed E-state index contributed by atoms with van der Waals surface area (Å²) >= 11 is 0. The van der Waals surface area contributed by atoms with E-state index < -0.39 is 0 Å². The van der Waals surface area contributed by atoms with Crippen molar-refractivity contribution in [1.82, 2.24) is 10.2 Å². The predicted molar refractivity (Wildman–Crippen MR) is 119 cm³/mol. The Morgan fingerprint density at radius 3 is 2.33 bits per heavy atom. The fourth-order valence-corrected chi connectivity index (χ4v) is 3.70. The maximum absolute atomic E-state index is 5.82. The van der Waals surface area contributed by atoms with Gasteiger partial charge in [-0.15, -0.1) is 0 Å². The van der Waals surface area contributed by atoms with Crippen LogP contribution in [0.3, 0.4) is 0 Å². The lowest BCUT2D eigenvalue weighted by Gasteiger charge is -2.35. The predicted octanol–water partition coefficient (Wildman–Crippen LogP) is 3.65. The summed E-state index contributed by atoms with van der Waals surface area (Å²) in [4.78, 5) is 2.48. The Balaban J connectivity index is 1.66. The molecule has 0 spiro atoms. The van der Waals surface area contributed by atoms with E-state index in [0.29, 0.717) is 0 Å². The van der Waals surface area contributed by atoms with Gasteiger partial charge in [-0.1, -0.05) is 18.2 Å². The summed E-state index contributed by atoms with van der Waals surface area (Å²) in [6.07, 6.45) is 0.113. The number of rotatable bonds is 10. The molecule has 0 amide bonds. The van der Waals surface area contributed by atoms with Gasteiger partial charge in [0.25, 0.3) is 0 Å². The normalized spacial score (nSPS) is 15.8. The minimum Gasteiger partial charge on any atom is -0.497 e. The van der Waals surface area contributed by atoms with Gasteiger partial charge in [0, 0.05) is 32.2 Å². The number of hydrogen-bond donors (Lipinski definition) is 1. The Morgan fingerprint density at radius 2 is 1.70 bits per heavy atom. The Bertz CT molecular complexity index is 773. The van der Waals surface area contributed by atoms with Gasteiger partial charge < -0.3 is 24.3 Å². The van der Waals surface area contributed by atoms with Crippen molar-refractivity contribution in [2.24, 2.45) is 0 Å². The van der Waals surface area contributed by atoms with Crippen molar-refractivity contribution in [2.45, 2.75) is 32.5 Å². The van der Waals surface area contributed by atoms with Crippen molar-refractivity contribution < 1.29 is 18.9 Å². The maximum atomic E-state index is 5.82. The van der Waals surface area contributed by atoms with Crippen molar-refractivity contribution in [3.63, 3.8) is 0 Å². The van der Waals surface area contributed by atoms with E-state index in [1.54, 1.807) is 14.2 Å². The average Bonchev–Trinajstić information content (AvgIpc) is 2.78. The molecule has 1 heterocycles. The first kappa shape index (κ1) is 22.4. The largest absolute Gasteiger partial charge is 0.497 e. The van der Waals surface area contributed by atoms with Crippen molar-refractivity contribution in [3.8, 4) is 17.2 Å². The zero-order chi connectivity index (χ0) is 21.3. The first-order valence-corrected chi connectivity index (χ1v) is 10.6. The zero-order valence-electron chi connectivity index (χ0n) is 18.5. The van der Waals surface area contributed by atoms with Crippen LogP contribution in [0.1, 0.15) is 31.0 Å². The molecule has 1 N–H and O–H groups in total. The summed E-state index contributed by atoms with van der Waals surface area (Å²) in [6, 6.07) is 14.8. The number of morpholine rings is 1. The molecular formula is C24H34N2O4. The van der Waals surface area contributed by atoms with Gasteiger partial charge in [0.1, 0.15) is 5.75 Å². The van der Waals surface area contributed by atoms with E-state index in [2.05, 4.69) is 28.4 Å². The highest BCUT2D eigenvalue weighted by molar-refractivity contribution is 5.43. The van der Waals surface area contributed by atoms with E-state index in [4.69, 9.17) is 18.9 Å². The van der Waals surface area contributed by atoms with Crippen LogP contribution in [-0.4, -0.2) is 58.1 Å². The SMILES string of the molecule is COc1ccc(C(CNCc2ccc(OC(C)C)c(OC)c2)N2CCOCC2)cc1. The number of nitrogens with zero attached hydrogens (tertiary/aromatic N) is 1. The molecule has 0 saturated carbocycles. The molecular weight excluding hydrogens is 380 g/mol. The van der Waals surface area contributed by atoms with E-state index in [0.717, 1.165) is 56.6 Å². The van der Waals surface area contributed by atoms with Crippen molar-refractivity contribution in [3.05, 3.63) is 53.6 Å². The topological polar surface area (TPSA) is 52.2 Å². The Kier molecular flexibility index (Phi) is 8.37. The molecule has 164 valence electrons. The van der Waals surface area contributed by atoms with Crippen LogP contribution in [0, 0.1) is 0 Å². The van der Waals surface area contributed by atoms with Gasteiger partial charge in [-0.05, 0) is 49.2 Å². The van der Waals surface area contributed by atoms with Crippen LogP contribution >= 0.6 is 0 Å². The lowest BCUT2D eigenvalue weighted by atomic mass is 10.0. The van der Waals surface area contributed by atoms with Gasteiger partial charge in [0.2, 0.25) is 0 Å². The third-order valence-corrected chi connectivity index (χ3v) is 5.24. The number of nitrogens with one attached hydrogen (secondary N) is 1. The zero-order valence-corrected chi connectivity index (χ0v) is 18.5. The summed E-state index contributed by atoms with van der Waals surface area (Å²) in [5, 5.41) is 3.63. The van der Waals surface area contributed by atoms with Gasteiger partial charge in [-0.3, -0.25) is 4.90 Å². The number of ether oxygens (including phenoxy) is 4. The Morgan fingerprint density at radius 1 is 0.967 bits per heavy atom. The second kappa shape index (κ2) is 11.2. The molecule has 0 aliphatic carbocycles. The van der Waals surface area contributed by atoms with E-state index in [1.165, 1.54) is 11.1 Å². The fourth-order valence-electron chi connectivity index (χ4n) is 3.70. The van der Waals surface area contributed by atoms with Crippen LogP contribution in [0.15, 0.2) is 42.5 Å². The molecule has 0 bridgehead atoms. The van der Waals surface area contributed by atoms with Crippen LogP contribution < -0.4 is 19.5 Å². The molecule has 1 atom stereocenters. The standard InChI is InChI=1S/C24H34N2O4/c1-18(2)30-23-10-5-19(15-24(23)28-4)16-25-17-22(26-11-13-29-14-12-26)20-6-8-21(27-3)9-7-20/h5-10,15,18,22,25H,11-14,16-17H2,1-4H3. The molecule has 0 aromatic heterocycles. The molecule has 1 fully saturated rings. The summed E-state index contributed by atoms with van der Waals surface area (Å²) < 4.78 is 22.2. The molecule has 2 aromatic rings. The third kappa shape index (κ3) is 6.11. The van der Waals surface area contributed by atoms with Crippen LogP contribution in [0.4, 0.5) is 0 Å². The molecule has 0 radical (unpaired) electrons. The van der Waals surface area contributed by atoms with E-state index in [1.807, 2.05) is 38.1 Å². The molecule has 1 unspecified atom stereocenters. The van der Waals surface area contributed by atoms with Gasteiger partial charge in [-0.2, -0.15) is 0 Å². The van der Waals surface area contributed by atoms with Crippen molar-refractivity contribution in [2.75, 3.05) is 47.1 Å². The number of methoxy groups -OCH3 is 2. The molecule has 6 heteroatoms. The highest BCUT2D eigenvalue weighted by Crippen LogP contribution is 2.29. The molecule has 3 rings (SSSR count). The van der Waals surface area contributed by atoms with E-state index >= 15 is 0 Å². The summed E-state index contributed by atoms with van der Waals surface area (Å²) in [6.45, 7) is 9.07. The average molecular weight is 415 g/mol. The summed E-state index contributed by atoms with van der Waals surface area (Å²) in [7, 11) is 3.37. The van der Waals surface area contributed by atoms with Crippen LogP contribution in [0.5, 0.6) is 17.2 Å². The van der Waals surface area contributed by atoms with E-state index in [9.17, 15) is 0 Å². The minimum atomic E-state index is 0.113. The lowest BCUT2D eigenvalue weighted by Crippen LogP contribution is -2.42. The van der Waals surface area contributed by atoms with Crippen LogP contribution in [0.25, 0.3) is 0 Å². The second-order valence-electron chi connectivity index (χ2n) is 7.72. The smallest absolute Gasteiger partial charge is 0.161 e. The first-order valence-electron chi connectivity index (χ1n) is 10.6. The molecule has 1 aliphatic rings.